The number of carbonyl (C=O) groups is 2. The molecule has 10 heteroatoms. The fourth-order valence-corrected chi connectivity index (χ4v) is 3.75. The summed E-state index contributed by atoms with van der Waals surface area (Å²) in [4.78, 5) is 29.0. The van der Waals surface area contributed by atoms with Crippen LogP contribution in [0.3, 0.4) is 0 Å². The number of hydrogen-bond acceptors (Lipinski definition) is 5. The highest BCUT2D eigenvalue weighted by atomic mass is 32.1. The van der Waals surface area contributed by atoms with Crippen molar-refractivity contribution in [3.05, 3.63) is 76.8 Å². The minimum Gasteiger partial charge on any atom is -0.347 e. The molecule has 2 N–H and O–H groups in total. The SMILES string of the molecule is O=C(NCCc1csc2nc(-c3cccc(F)c3)nn12)C(=O)NCc1ccc(F)cc1. The molecule has 2 aromatic carbocycles. The van der Waals surface area contributed by atoms with E-state index in [1.807, 2.05) is 5.38 Å². The fourth-order valence-electron chi connectivity index (χ4n) is 2.90. The number of nitrogens with one attached hydrogen (secondary N) is 2. The van der Waals surface area contributed by atoms with Crippen LogP contribution in [-0.2, 0) is 22.6 Å². The first-order valence-electron chi connectivity index (χ1n) is 9.39. The van der Waals surface area contributed by atoms with E-state index in [9.17, 15) is 18.4 Å². The Morgan fingerprint density at radius 2 is 1.77 bits per heavy atom. The Hall–Kier alpha value is -3.66. The van der Waals surface area contributed by atoms with Gasteiger partial charge < -0.3 is 10.6 Å². The number of fused-ring (bicyclic) bond motifs is 1. The smallest absolute Gasteiger partial charge is 0.309 e. The number of hydrogen-bond donors (Lipinski definition) is 2. The third-order valence-electron chi connectivity index (χ3n) is 4.47. The van der Waals surface area contributed by atoms with Gasteiger partial charge in [0.05, 0.1) is 5.69 Å². The van der Waals surface area contributed by atoms with E-state index in [4.69, 9.17) is 0 Å². The van der Waals surface area contributed by atoms with E-state index in [1.165, 1.54) is 47.7 Å². The Morgan fingerprint density at radius 1 is 1.00 bits per heavy atom. The number of carbonyl (C=O) groups excluding carboxylic acids is 2. The summed E-state index contributed by atoms with van der Waals surface area (Å²) in [6, 6.07) is 11.7. The summed E-state index contributed by atoms with van der Waals surface area (Å²) >= 11 is 1.38. The predicted molar refractivity (Wildman–Crippen MR) is 111 cm³/mol. The lowest BCUT2D eigenvalue weighted by Crippen LogP contribution is -2.40. The van der Waals surface area contributed by atoms with Crippen molar-refractivity contribution in [1.29, 1.82) is 0 Å². The molecule has 0 aliphatic rings. The maximum Gasteiger partial charge on any atom is 0.309 e. The molecule has 0 aliphatic carbocycles. The van der Waals surface area contributed by atoms with Gasteiger partial charge in [-0.3, -0.25) is 9.59 Å². The molecule has 0 atom stereocenters. The van der Waals surface area contributed by atoms with Gasteiger partial charge in [-0.25, -0.2) is 13.3 Å². The van der Waals surface area contributed by atoms with E-state index in [2.05, 4.69) is 20.7 Å². The molecule has 0 spiro atoms. The van der Waals surface area contributed by atoms with Crippen LogP contribution in [0.1, 0.15) is 11.3 Å². The average molecular weight is 441 g/mol. The maximum absolute atomic E-state index is 13.4. The van der Waals surface area contributed by atoms with Gasteiger partial charge in [-0.05, 0) is 29.8 Å². The molecule has 7 nitrogen and oxygen atoms in total. The lowest BCUT2D eigenvalue weighted by Gasteiger charge is -2.06. The maximum atomic E-state index is 13.4. The van der Waals surface area contributed by atoms with Crippen molar-refractivity contribution in [2.24, 2.45) is 0 Å². The number of aromatic nitrogens is 3. The van der Waals surface area contributed by atoms with Crippen molar-refractivity contribution < 1.29 is 18.4 Å². The highest BCUT2D eigenvalue weighted by Crippen LogP contribution is 2.21. The quantitative estimate of drug-likeness (QED) is 0.451. The van der Waals surface area contributed by atoms with Crippen LogP contribution in [0.2, 0.25) is 0 Å². The first-order chi connectivity index (χ1) is 15.0. The number of rotatable bonds is 6. The van der Waals surface area contributed by atoms with Crippen LogP contribution in [0.5, 0.6) is 0 Å². The van der Waals surface area contributed by atoms with Gasteiger partial charge in [-0.2, -0.15) is 4.98 Å². The number of thiazole rings is 1. The summed E-state index contributed by atoms with van der Waals surface area (Å²) in [5.74, 6) is -1.85. The third-order valence-corrected chi connectivity index (χ3v) is 5.34. The predicted octanol–water partition coefficient (Wildman–Crippen LogP) is 2.71. The normalized spacial score (nSPS) is 10.9. The molecule has 2 heterocycles. The van der Waals surface area contributed by atoms with Gasteiger partial charge >= 0.3 is 11.8 Å². The van der Waals surface area contributed by atoms with Crippen LogP contribution in [0, 0.1) is 11.6 Å². The second-order valence-corrected chi connectivity index (χ2v) is 7.52. The molecular formula is C21H17F2N5O2S. The molecule has 0 unspecified atom stereocenters. The molecule has 4 rings (SSSR count). The van der Waals surface area contributed by atoms with Crippen LogP contribution in [0.25, 0.3) is 16.3 Å². The van der Waals surface area contributed by atoms with Crippen molar-refractivity contribution in [3.8, 4) is 11.4 Å². The monoisotopic (exact) mass is 441 g/mol. The molecule has 2 aromatic heterocycles. The van der Waals surface area contributed by atoms with Crippen molar-refractivity contribution >= 4 is 28.1 Å². The Labute approximate surface area is 179 Å². The molecule has 0 fully saturated rings. The minimum absolute atomic E-state index is 0.125. The van der Waals surface area contributed by atoms with Crippen molar-refractivity contribution in [2.45, 2.75) is 13.0 Å². The molecule has 0 aliphatic heterocycles. The van der Waals surface area contributed by atoms with Crippen LogP contribution in [0.15, 0.2) is 53.9 Å². The van der Waals surface area contributed by atoms with Crippen LogP contribution in [-0.4, -0.2) is 33.0 Å². The summed E-state index contributed by atoms with van der Waals surface area (Å²) in [5.41, 5.74) is 2.07. The summed E-state index contributed by atoms with van der Waals surface area (Å²) < 4.78 is 28.0. The molecule has 31 heavy (non-hydrogen) atoms. The summed E-state index contributed by atoms with van der Waals surface area (Å²) in [7, 11) is 0. The Balaban J connectivity index is 1.31. The molecular weight excluding hydrogens is 424 g/mol. The summed E-state index contributed by atoms with van der Waals surface area (Å²) in [6.07, 6.45) is 0.433. The number of nitrogens with zero attached hydrogens (tertiary/aromatic N) is 3. The van der Waals surface area contributed by atoms with Crippen LogP contribution >= 0.6 is 11.3 Å². The van der Waals surface area contributed by atoms with E-state index in [1.54, 1.807) is 16.6 Å². The molecule has 0 saturated heterocycles. The Bertz CT molecular complexity index is 1240. The molecule has 158 valence electrons. The van der Waals surface area contributed by atoms with Gasteiger partial charge in [-0.15, -0.1) is 16.4 Å². The molecule has 0 radical (unpaired) electrons. The molecule has 0 bridgehead atoms. The van der Waals surface area contributed by atoms with E-state index in [0.29, 0.717) is 28.3 Å². The van der Waals surface area contributed by atoms with Gasteiger partial charge in [0.1, 0.15) is 11.6 Å². The first kappa shape index (κ1) is 20.6. The fraction of sp³-hybridized carbons (Fsp3) is 0.143. The molecule has 4 aromatic rings. The molecule has 2 amide bonds. The van der Waals surface area contributed by atoms with Crippen LogP contribution < -0.4 is 10.6 Å². The van der Waals surface area contributed by atoms with E-state index in [0.717, 1.165) is 5.69 Å². The highest BCUT2D eigenvalue weighted by molar-refractivity contribution is 7.15. The lowest BCUT2D eigenvalue weighted by atomic mass is 10.2. The second kappa shape index (κ2) is 9.00. The zero-order valence-electron chi connectivity index (χ0n) is 16.1. The van der Waals surface area contributed by atoms with E-state index >= 15 is 0 Å². The summed E-state index contributed by atoms with van der Waals surface area (Å²) in [5, 5.41) is 11.3. The van der Waals surface area contributed by atoms with Gasteiger partial charge in [0.25, 0.3) is 0 Å². The van der Waals surface area contributed by atoms with Crippen molar-refractivity contribution in [2.75, 3.05) is 6.54 Å². The van der Waals surface area contributed by atoms with Gasteiger partial charge in [0.2, 0.25) is 4.96 Å². The average Bonchev–Trinajstić information content (AvgIpc) is 3.35. The Kier molecular flexibility index (Phi) is 5.99. The van der Waals surface area contributed by atoms with E-state index in [-0.39, 0.29) is 24.7 Å². The topological polar surface area (TPSA) is 88.4 Å². The number of benzene rings is 2. The second-order valence-electron chi connectivity index (χ2n) is 6.68. The lowest BCUT2D eigenvalue weighted by molar-refractivity contribution is -0.139. The largest absolute Gasteiger partial charge is 0.347 e. The third kappa shape index (κ3) is 4.92. The van der Waals surface area contributed by atoms with Crippen molar-refractivity contribution in [3.63, 3.8) is 0 Å². The summed E-state index contributed by atoms with van der Waals surface area (Å²) in [6.45, 7) is 0.350. The zero-order valence-corrected chi connectivity index (χ0v) is 17.0. The number of halogens is 2. The minimum atomic E-state index is -0.770. The van der Waals surface area contributed by atoms with Crippen LogP contribution in [0.4, 0.5) is 8.78 Å². The zero-order chi connectivity index (χ0) is 21.8. The first-order valence-corrected chi connectivity index (χ1v) is 10.3. The van der Waals surface area contributed by atoms with Gasteiger partial charge in [0, 0.05) is 30.5 Å². The highest BCUT2D eigenvalue weighted by Gasteiger charge is 2.15. The van der Waals surface area contributed by atoms with E-state index < -0.39 is 11.8 Å². The number of amides is 2. The Morgan fingerprint density at radius 3 is 2.55 bits per heavy atom. The molecule has 0 saturated carbocycles. The van der Waals surface area contributed by atoms with Crippen molar-refractivity contribution in [1.82, 2.24) is 25.2 Å². The standard InChI is InChI=1S/C21H17F2N5O2S/c22-15-6-4-13(5-7-15)11-25-20(30)19(29)24-9-8-17-12-31-21-26-18(27-28(17)21)14-2-1-3-16(23)10-14/h1-7,10,12H,8-9,11H2,(H,24,29)(H,25,30). The van der Waals surface area contributed by atoms with Gasteiger partial charge in [0.15, 0.2) is 5.82 Å². The van der Waals surface area contributed by atoms with Gasteiger partial charge in [-0.1, -0.05) is 24.3 Å².